The van der Waals surface area contributed by atoms with Gasteiger partial charge in [-0.2, -0.15) is 0 Å². The summed E-state index contributed by atoms with van der Waals surface area (Å²) in [5.74, 6) is 0. The van der Waals surface area contributed by atoms with Crippen molar-refractivity contribution in [3.05, 3.63) is 0 Å². The van der Waals surface area contributed by atoms with Crippen LogP contribution >= 0.6 is 12.6 Å². The van der Waals surface area contributed by atoms with E-state index < -0.39 is 8.80 Å². The van der Waals surface area contributed by atoms with E-state index in [-0.39, 0.29) is 18.4 Å². The predicted octanol–water partition coefficient (Wildman–Crippen LogP) is 1.77. The van der Waals surface area contributed by atoms with Crippen LogP contribution in [0.5, 0.6) is 0 Å². The maximum absolute atomic E-state index is 11.3. The Kier molecular flexibility index (Phi) is 11.5. The molecule has 0 rings (SSSR count). The van der Waals surface area contributed by atoms with E-state index in [9.17, 15) is 4.79 Å². The van der Waals surface area contributed by atoms with E-state index in [4.69, 9.17) is 18.4 Å². The second-order valence-corrected chi connectivity index (χ2v) is 7.19. The molecule has 1 amide bonds. The quantitative estimate of drug-likeness (QED) is 0.423. The van der Waals surface area contributed by atoms with Crippen molar-refractivity contribution < 1.29 is 23.2 Å². The van der Waals surface area contributed by atoms with E-state index in [1.54, 1.807) is 0 Å². The van der Waals surface area contributed by atoms with Crippen molar-refractivity contribution in [3.63, 3.8) is 0 Å². The molecule has 0 spiro atoms. The highest BCUT2D eigenvalue weighted by Crippen LogP contribution is 2.18. The van der Waals surface area contributed by atoms with Gasteiger partial charge in [-0.1, -0.05) is 12.6 Å². The smallest absolute Gasteiger partial charge is 0.395 e. The Balaban J connectivity index is 4.45. The highest BCUT2D eigenvalue weighted by Gasteiger charge is 2.39. The van der Waals surface area contributed by atoms with Gasteiger partial charge >= 0.3 is 8.80 Å². The number of amides is 1. The van der Waals surface area contributed by atoms with Gasteiger partial charge in [-0.25, -0.2) is 0 Å². The van der Waals surface area contributed by atoms with Gasteiger partial charge in [0.05, 0.1) is 6.61 Å². The summed E-state index contributed by atoms with van der Waals surface area (Å²) in [6.07, 6.45) is 0.693. The largest absolute Gasteiger partial charge is 0.500 e. The van der Waals surface area contributed by atoms with Crippen LogP contribution in [0.4, 0.5) is 4.79 Å². The third kappa shape index (κ3) is 7.60. The zero-order valence-corrected chi connectivity index (χ0v) is 14.5. The topological polar surface area (TPSA) is 68.2 Å². The summed E-state index contributed by atoms with van der Waals surface area (Å²) in [6, 6.07) is 0.644. The Morgan fingerprint density at radius 3 is 1.95 bits per heavy atom. The van der Waals surface area contributed by atoms with Crippen LogP contribution in [0.1, 0.15) is 27.2 Å². The number of aliphatic hydroxyl groups is 1. The highest BCUT2D eigenvalue weighted by molar-refractivity contribution is 7.96. The molecule has 120 valence electrons. The molecule has 0 fully saturated rings. The van der Waals surface area contributed by atoms with Crippen molar-refractivity contribution in [2.45, 2.75) is 33.2 Å². The lowest BCUT2D eigenvalue weighted by molar-refractivity contribution is 0.0701. The summed E-state index contributed by atoms with van der Waals surface area (Å²) in [5, 5.41) is 8.57. The predicted molar refractivity (Wildman–Crippen MR) is 83.1 cm³/mol. The van der Waals surface area contributed by atoms with Gasteiger partial charge in [-0.3, -0.25) is 4.79 Å². The van der Waals surface area contributed by atoms with Gasteiger partial charge < -0.3 is 23.3 Å². The zero-order valence-electron chi connectivity index (χ0n) is 12.6. The maximum atomic E-state index is 11.3. The van der Waals surface area contributed by atoms with E-state index in [0.717, 1.165) is 0 Å². The maximum Gasteiger partial charge on any atom is 0.500 e. The van der Waals surface area contributed by atoms with Crippen LogP contribution in [0.2, 0.25) is 6.04 Å². The molecule has 0 saturated carbocycles. The van der Waals surface area contributed by atoms with Crippen LogP contribution < -0.4 is 0 Å². The van der Waals surface area contributed by atoms with Crippen molar-refractivity contribution in [3.8, 4) is 0 Å². The highest BCUT2D eigenvalue weighted by atomic mass is 32.1. The summed E-state index contributed by atoms with van der Waals surface area (Å²) >= 11 is 3.79. The van der Waals surface area contributed by atoms with Crippen LogP contribution in [0.25, 0.3) is 0 Å². The van der Waals surface area contributed by atoms with Gasteiger partial charge in [0.1, 0.15) is 0 Å². The SMILES string of the molecule is CCO[Si](CCCN(CCO)C(=O)S)(OCC)OCC. The van der Waals surface area contributed by atoms with E-state index in [1.165, 1.54) is 4.90 Å². The van der Waals surface area contributed by atoms with E-state index in [1.807, 2.05) is 20.8 Å². The Labute approximate surface area is 128 Å². The lowest BCUT2D eigenvalue weighted by atomic mass is 10.4. The van der Waals surface area contributed by atoms with Gasteiger partial charge in [-0.15, -0.1) is 0 Å². The molecule has 0 aliphatic carbocycles. The minimum Gasteiger partial charge on any atom is -0.395 e. The van der Waals surface area contributed by atoms with E-state index >= 15 is 0 Å². The lowest BCUT2D eigenvalue weighted by Gasteiger charge is -2.29. The molecule has 0 heterocycles. The molecule has 20 heavy (non-hydrogen) atoms. The second kappa shape index (κ2) is 11.5. The van der Waals surface area contributed by atoms with Crippen molar-refractivity contribution in [1.29, 1.82) is 0 Å². The average Bonchev–Trinajstić information content (AvgIpc) is 2.38. The fourth-order valence-electron chi connectivity index (χ4n) is 1.91. The third-order valence-electron chi connectivity index (χ3n) is 2.64. The molecule has 8 heteroatoms. The number of carbonyl (C=O) groups excluding carboxylic acids is 1. The molecule has 0 aliphatic heterocycles. The normalized spacial score (nSPS) is 11.7. The summed E-state index contributed by atoms with van der Waals surface area (Å²) in [7, 11) is -2.65. The number of nitrogens with zero attached hydrogens (tertiary/aromatic N) is 1. The number of hydrogen-bond acceptors (Lipinski definition) is 5. The molecule has 0 aromatic rings. The molecule has 0 saturated heterocycles. The van der Waals surface area contributed by atoms with Gasteiger partial charge in [-0.05, 0) is 27.2 Å². The van der Waals surface area contributed by atoms with Crippen LogP contribution in [0, 0.1) is 0 Å². The van der Waals surface area contributed by atoms with Gasteiger partial charge in [0.2, 0.25) is 0 Å². The summed E-state index contributed by atoms with van der Waals surface area (Å²) < 4.78 is 17.2. The monoisotopic (exact) mass is 325 g/mol. The molecular weight excluding hydrogens is 298 g/mol. The molecule has 0 unspecified atom stereocenters. The first kappa shape index (κ1) is 19.9. The number of thiol groups is 1. The Morgan fingerprint density at radius 1 is 1.10 bits per heavy atom. The fraction of sp³-hybridized carbons (Fsp3) is 0.917. The van der Waals surface area contributed by atoms with Crippen molar-refractivity contribution in [2.75, 3.05) is 39.5 Å². The minimum atomic E-state index is -2.65. The second-order valence-electron chi connectivity index (χ2n) is 4.08. The molecule has 0 radical (unpaired) electrons. The molecule has 6 nitrogen and oxygen atoms in total. The minimum absolute atomic E-state index is 0.0722. The third-order valence-corrected chi connectivity index (χ3v) is 6.08. The lowest BCUT2D eigenvalue weighted by Crippen LogP contribution is -2.46. The first-order valence-electron chi connectivity index (χ1n) is 7.05. The van der Waals surface area contributed by atoms with Crippen LogP contribution in [-0.2, 0) is 13.3 Å². The van der Waals surface area contributed by atoms with E-state index in [2.05, 4.69) is 12.6 Å². The van der Waals surface area contributed by atoms with Gasteiger partial charge in [0.25, 0.3) is 5.24 Å². The van der Waals surface area contributed by atoms with Crippen LogP contribution in [-0.4, -0.2) is 63.6 Å². The molecule has 0 aromatic heterocycles. The average molecular weight is 326 g/mol. The Bertz CT molecular complexity index is 253. The molecule has 1 N–H and O–H groups in total. The molecular formula is C12H27NO5SSi. The Morgan fingerprint density at radius 2 is 1.60 bits per heavy atom. The van der Waals surface area contributed by atoms with Crippen molar-refractivity contribution in [1.82, 2.24) is 4.90 Å². The summed E-state index contributed by atoms with van der Waals surface area (Å²) in [4.78, 5) is 12.8. The van der Waals surface area contributed by atoms with Crippen LogP contribution in [0.3, 0.4) is 0 Å². The molecule has 0 aliphatic rings. The van der Waals surface area contributed by atoms with Crippen molar-refractivity contribution in [2.24, 2.45) is 0 Å². The van der Waals surface area contributed by atoms with Crippen molar-refractivity contribution >= 4 is 26.7 Å². The fourth-order valence-corrected chi connectivity index (χ4v) is 4.71. The standard InChI is InChI=1S/C12H27NO5SSi/c1-4-16-20(17-5-2,18-6-3)11-7-8-13(9-10-14)12(15)19/h14H,4-11H2,1-3H3,(H,15,19). The number of carbonyl (C=O) groups is 1. The Hall–Kier alpha value is -0.123. The number of hydrogen-bond donors (Lipinski definition) is 2. The molecule has 0 bridgehead atoms. The molecule has 0 atom stereocenters. The van der Waals surface area contributed by atoms with Crippen LogP contribution in [0.15, 0.2) is 0 Å². The summed E-state index contributed by atoms with van der Waals surface area (Å²) in [6.45, 7) is 8.07. The molecule has 0 aromatic carbocycles. The first-order chi connectivity index (χ1) is 9.55. The summed E-state index contributed by atoms with van der Waals surface area (Å²) in [5.41, 5.74) is 0. The number of aliphatic hydroxyl groups excluding tert-OH is 1. The first-order valence-corrected chi connectivity index (χ1v) is 9.43. The van der Waals surface area contributed by atoms with Gasteiger partial charge in [0.15, 0.2) is 0 Å². The van der Waals surface area contributed by atoms with Gasteiger partial charge in [0, 0.05) is 39.0 Å². The zero-order chi connectivity index (χ0) is 15.4. The number of rotatable bonds is 12. The van der Waals surface area contributed by atoms with E-state index in [0.29, 0.717) is 38.8 Å².